The molecular weight excluding hydrogens is 254 g/mol. The fourth-order valence-electron chi connectivity index (χ4n) is 1.87. The molecule has 2 N–H and O–H groups in total. The van der Waals surface area contributed by atoms with Gasteiger partial charge in [0.05, 0.1) is 6.54 Å². The molecule has 2 aromatic rings. The van der Waals surface area contributed by atoms with E-state index < -0.39 is 0 Å². The highest BCUT2D eigenvalue weighted by Crippen LogP contribution is 2.13. The highest BCUT2D eigenvalue weighted by Gasteiger charge is 2.17. The Morgan fingerprint density at radius 2 is 2.39 bits per heavy atom. The molecule has 0 unspecified atom stereocenters. The van der Waals surface area contributed by atoms with Gasteiger partial charge in [-0.3, -0.25) is 5.32 Å². The quantitative estimate of drug-likeness (QED) is 0.837. The van der Waals surface area contributed by atoms with Crippen LogP contribution in [0.5, 0.6) is 0 Å². The number of urea groups is 1. The minimum atomic E-state index is -0.318. The van der Waals surface area contributed by atoms with Gasteiger partial charge in [0, 0.05) is 13.0 Å². The molecule has 0 aromatic carbocycles. The Morgan fingerprint density at radius 3 is 3.22 bits per heavy atom. The zero-order valence-corrected chi connectivity index (χ0v) is 10.3. The lowest BCUT2D eigenvalue weighted by molar-refractivity contribution is 0.251. The van der Waals surface area contributed by atoms with E-state index in [1.165, 1.54) is 11.3 Å². The average molecular weight is 265 g/mol. The number of carbonyl (C=O) groups is 1. The lowest BCUT2D eigenvalue weighted by Gasteiger charge is -2.05. The van der Waals surface area contributed by atoms with Crippen molar-refractivity contribution in [1.82, 2.24) is 30.3 Å². The number of fused-ring (bicyclic) bond motifs is 1. The second kappa shape index (κ2) is 4.69. The molecule has 3 rings (SSSR count). The third-order valence-electron chi connectivity index (χ3n) is 2.67. The first-order chi connectivity index (χ1) is 8.83. The number of hydrogen-bond acceptors (Lipinski definition) is 6. The van der Waals surface area contributed by atoms with Crippen LogP contribution in [0.15, 0.2) is 5.51 Å². The minimum Gasteiger partial charge on any atom is -0.331 e. The Labute approximate surface area is 106 Å². The monoisotopic (exact) mass is 265 g/mol. The number of hydrogen-bond donors (Lipinski definition) is 2. The van der Waals surface area contributed by atoms with Crippen LogP contribution in [0.3, 0.4) is 0 Å². The molecule has 2 aromatic heterocycles. The van der Waals surface area contributed by atoms with Gasteiger partial charge in [-0.15, -0.1) is 20.4 Å². The molecule has 0 spiro atoms. The highest BCUT2D eigenvalue weighted by atomic mass is 32.1. The molecule has 0 atom stereocenters. The topological polar surface area (TPSA) is 97.6 Å². The largest absolute Gasteiger partial charge is 0.331 e. The van der Waals surface area contributed by atoms with Gasteiger partial charge in [0.25, 0.3) is 0 Å². The van der Waals surface area contributed by atoms with Crippen LogP contribution in [0.4, 0.5) is 9.93 Å². The van der Waals surface area contributed by atoms with Crippen molar-refractivity contribution in [3.63, 3.8) is 0 Å². The average Bonchev–Trinajstić information content (AvgIpc) is 3.03. The minimum absolute atomic E-state index is 0.318. The number of rotatable bonds is 3. The van der Waals surface area contributed by atoms with Crippen molar-refractivity contribution in [1.29, 1.82) is 0 Å². The maximum atomic E-state index is 11.6. The number of aromatic nitrogens is 5. The molecule has 9 heteroatoms. The summed E-state index contributed by atoms with van der Waals surface area (Å²) in [6.45, 7) is 1.29. The summed E-state index contributed by atoms with van der Waals surface area (Å²) in [5.41, 5.74) is 1.56. The molecule has 0 radical (unpaired) electrons. The van der Waals surface area contributed by atoms with E-state index in [0.29, 0.717) is 11.7 Å². The fourth-order valence-corrected chi connectivity index (χ4v) is 2.31. The van der Waals surface area contributed by atoms with Crippen LogP contribution < -0.4 is 10.6 Å². The number of carbonyl (C=O) groups excluding carboxylic acids is 1. The Bertz CT molecular complexity index is 549. The summed E-state index contributed by atoms with van der Waals surface area (Å²) in [5, 5.41) is 21.3. The molecule has 3 heterocycles. The van der Waals surface area contributed by atoms with Crippen molar-refractivity contribution in [3.8, 4) is 0 Å². The first-order valence-electron chi connectivity index (χ1n) is 5.55. The zero-order chi connectivity index (χ0) is 12.4. The van der Waals surface area contributed by atoms with Gasteiger partial charge in [0.15, 0.2) is 5.82 Å². The number of aryl methyl sites for hydroxylation is 1. The summed E-state index contributed by atoms with van der Waals surface area (Å²) in [7, 11) is 0. The van der Waals surface area contributed by atoms with Gasteiger partial charge in [0.1, 0.15) is 11.3 Å². The Hall–Kier alpha value is -2.03. The van der Waals surface area contributed by atoms with Crippen molar-refractivity contribution < 1.29 is 4.79 Å². The molecule has 1 aliphatic heterocycles. The third kappa shape index (κ3) is 2.16. The van der Waals surface area contributed by atoms with E-state index in [9.17, 15) is 4.79 Å². The van der Waals surface area contributed by atoms with Gasteiger partial charge in [0.2, 0.25) is 5.13 Å². The zero-order valence-electron chi connectivity index (χ0n) is 9.46. The lowest BCUT2D eigenvalue weighted by atomic mass is 10.4. The van der Waals surface area contributed by atoms with E-state index in [0.717, 1.165) is 31.0 Å². The molecule has 18 heavy (non-hydrogen) atoms. The van der Waals surface area contributed by atoms with Gasteiger partial charge in [-0.1, -0.05) is 11.3 Å². The van der Waals surface area contributed by atoms with Crippen molar-refractivity contribution in [2.45, 2.75) is 25.9 Å². The van der Waals surface area contributed by atoms with Crippen LogP contribution in [0, 0.1) is 0 Å². The van der Waals surface area contributed by atoms with E-state index in [2.05, 4.69) is 31.0 Å². The SMILES string of the molecule is O=C(NCc1nnc2n1CCC2)Nc1nncs1. The maximum absolute atomic E-state index is 11.6. The smallest absolute Gasteiger partial charge is 0.321 e. The second-order valence-electron chi connectivity index (χ2n) is 3.84. The summed E-state index contributed by atoms with van der Waals surface area (Å²) in [6.07, 6.45) is 2.05. The van der Waals surface area contributed by atoms with E-state index in [-0.39, 0.29) is 6.03 Å². The Balaban J connectivity index is 1.56. The van der Waals surface area contributed by atoms with E-state index in [1.807, 2.05) is 4.57 Å². The Kier molecular flexibility index (Phi) is 2.89. The van der Waals surface area contributed by atoms with Crippen LogP contribution in [-0.2, 0) is 19.5 Å². The predicted octanol–water partition coefficient (Wildman–Crippen LogP) is 0.397. The summed E-state index contributed by atoms with van der Waals surface area (Å²) >= 11 is 1.27. The molecule has 0 aliphatic carbocycles. The number of anilines is 1. The standard InChI is InChI=1S/C9H11N7OS/c17-8(12-9-15-11-5-18-9)10-4-7-14-13-6-2-1-3-16(6)7/h5H,1-4H2,(H2,10,12,15,17). The maximum Gasteiger partial charge on any atom is 0.321 e. The van der Waals surface area contributed by atoms with Crippen LogP contribution in [0.2, 0.25) is 0 Å². The molecule has 0 bridgehead atoms. The normalized spacial score (nSPS) is 13.3. The summed E-state index contributed by atoms with van der Waals surface area (Å²) in [4.78, 5) is 11.6. The fraction of sp³-hybridized carbons (Fsp3) is 0.444. The molecule has 1 aliphatic rings. The Morgan fingerprint density at radius 1 is 1.44 bits per heavy atom. The summed E-state index contributed by atoms with van der Waals surface area (Å²) in [5.74, 6) is 1.78. The third-order valence-corrected chi connectivity index (χ3v) is 3.28. The second-order valence-corrected chi connectivity index (χ2v) is 4.67. The predicted molar refractivity (Wildman–Crippen MR) is 64.1 cm³/mol. The molecule has 2 amide bonds. The first-order valence-corrected chi connectivity index (χ1v) is 6.43. The number of amides is 2. The van der Waals surface area contributed by atoms with Gasteiger partial charge in [-0.05, 0) is 6.42 Å². The van der Waals surface area contributed by atoms with Gasteiger partial charge < -0.3 is 9.88 Å². The molecule has 0 fully saturated rings. The molecule has 0 saturated heterocycles. The molecule has 8 nitrogen and oxygen atoms in total. The van der Waals surface area contributed by atoms with Crippen molar-refractivity contribution in [2.24, 2.45) is 0 Å². The summed E-state index contributed by atoms with van der Waals surface area (Å²) < 4.78 is 2.05. The first kappa shape index (κ1) is 11.1. The van der Waals surface area contributed by atoms with Crippen molar-refractivity contribution >= 4 is 22.5 Å². The molecule has 0 saturated carbocycles. The molecular formula is C9H11N7OS. The van der Waals surface area contributed by atoms with Gasteiger partial charge >= 0.3 is 6.03 Å². The number of nitrogens with one attached hydrogen (secondary N) is 2. The van der Waals surface area contributed by atoms with Gasteiger partial charge in [-0.25, -0.2) is 4.79 Å². The van der Waals surface area contributed by atoms with Crippen LogP contribution in [-0.4, -0.2) is 31.0 Å². The molecule has 94 valence electrons. The highest BCUT2D eigenvalue weighted by molar-refractivity contribution is 7.13. The van der Waals surface area contributed by atoms with E-state index in [4.69, 9.17) is 0 Å². The summed E-state index contributed by atoms with van der Waals surface area (Å²) in [6, 6.07) is -0.318. The van der Waals surface area contributed by atoms with Crippen molar-refractivity contribution in [3.05, 3.63) is 17.2 Å². The van der Waals surface area contributed by atoms with Crippen molar-refractivity contribution in [2.75, 3.05) is 5.32 Å². The van der Waals surface area contributed by atoms with Crippen LogP contribution in [0.25, 0.3) is 0 Å². The lowest BCUT2D eigenvalue weighted by Crippen LogP contribution is -2.29. The van der Waals surface area contributed by atoms with Gasteiger partial charge in [-0.2, -0.15) is 0 Å². The number of nitrogens with zero attached hydrogens (tertiary/aromatic N) is 5. The van der Waals surface area contributed by atoms with Crippen LogP contribution in [0.1, 0.15) is 18.1 Å². The van der Waals surface area contributed by atoms with E-state index in [1.54, 1.807) is 5.51 Å². The van der Waals surface area contributed by atoms with E-state index >= 15 is 0 Å². The van der Waals surface area contributed by atoms with Crippen LogP contribution >= 0.6 is 11.3 Å².